The largest absolute Gasteiger partial charge is 0.317 e. The third-order valence-corrected chi connectivity index (χ3v) is 5.26. The molecule has 0 aliphatic carbocycles. The van der Waals surface area contributed by atoms with Crippen LogP contribution in [0.15, 0.2) is 36.7 Å². The van der Waals surface area contributed by atoms with Crippen molar-refractivity contribution in [1.29, 1.82) is 0 Å². The minimum Gasteiger partial charge on any atom is -0.317 e. The summed E-state index contributed by atoms with van der Waals surface area (Å²) in [7, 11) is 0. The number of nitrogens with one attached hydrogen (secondary N) is 1. The van der Waals surface area contributed by atoms with E-state index in [1.165, 1.54) is 11.3 Å². The quantitative estimate of drug-likeness (QED) is 0.602. The number of aromatic nitrogens is 5. The van der Waals surface area contributed by atoms with Gasteiger partial charge in [-0.25, -0.2) is 19.6 Å². The minimum absolute atomic E-state index is 0.274. The van der Waals surface area contributed by atoms with Crippen LogP contribution >= 0.6 is 11.3 Å². The zero-order chi connectivity index (χ0) is 18.3. The van der Waals surface area contributed by atoms with E-state index < -0.39 is 0 Å². The molecule has 1 amide bonds. The average molecular weight is 364 g/mol. The first-order valence-electron chi connectivity index (χ1n) is 8.05. The normalized spacial score (nSPS) is 11.0. The fraction of sp³-hybridized carbons (Fsp3) is 0.167. The van der Waals surface area contributed by atoms with Crippen molar-refractivity contribution in [2.45, 2.75) is 20.8 Å². The van der Waals surface area contributed by atoms with Crippen LogP contribution in [0.4, 0.5) is 5.69 Å². The Morgan fingerprint density at radius 3 is 2.50 bits per heavy atom. The molecule has 8 heteroatoms. The summed E-state index contributed by atoms with van der Waals surface area (Å²) in [6.07, 6.45) is 3.14. The van der Waals surface area contributed by atoms with E-state index in [0.717, 1.165) is 27.2 Å². The van der Waals surface area contributed by atoms with Gasteiger partial charge in [-0.2, -0.15) is 5.10 Å². The van der Waals surface area contributed by atoms with Gasteiger partial charge < -0.3 is 5.32 Å². The van der Waals surface area contributed by atoms with E-state index in [9.17, 15) is 4.79 Å². The molecule has 0 aliphatic heterocycles. The van der Waals surface area contributed by atoms with E-state index in [1.54, 1.807) is 17.1 Å². The highest BCUT2D eigenvalue weighted by atomic mass is 32.1. The summed E-state index contributed by atoms with van der Waals surface area (Å²) >= 11 is 1.35. The van der Waals surface area contributed by atoms with Crippen molar-refractivity contribution in [3.8, 4) is 5.95 Å². The van der Waals surface area contributed by atoms with Crippen LogP contribution in [-0.2, 0) is 0 Å². The summed E-state index contributed by atoms with van der Waals surface area (Å²) in [4.78, 5) is 25.4. The summed E-state index contributed by atoms with van der Waals surface area (Å²) in [6.45, 7) is 5.94. The number of rotatable bonds is 3. The lowest BCUT2D eigenvalue weighted by atomic mass is 10.2. The molecule has 1 N–H and O–H groups in total. The zero-order valence-corrected chi connectivity index (χ0v) is 15.3. The highest BCUT2D eigenvalue weighted by Gasteiger charge is 2.14. The Labute approximate surface area is 153 Å². The molecule has 3 heterocycles. The Morgan fingerprint density at radius 1 is 1.12 bits per heavy atom. The van der Waals surface area contributed by atoms with Crippen LogP contribution in [0, 0.1) is 20.8 Å². The SMILES string of the molecule is Cc1nn(-c2ncc(NC(=O)c3nc4ccccc4s3)cn2)c(C)c1C. The molecule has 0 unspecified atom stereocenters. The molecule has 0 saturated carbocycles. The number of amides is 1. The number of hydrogen-bond acceptors (Lipinski definition) is 6. The maximum atomic E-state index is 12.4. The Morgan fingerprint density at radius 2 is 1.85 bits per heavy atom. The Balaban J connectivity index is 1.55. The third kappa shape index (κ3) is 2.84. The van der Waals surface area contributed by atoms with Gasteiger partial charge in [0.15, 0.2) is 5.01 Å². The lowest BCUT2D eigenvalue weighted by Crippen LogP contribution is -2.13. The van der Waals surface area contributed by atoms with Crippen molar-refractivity contribution < 1.29 is 4.79 Å². The number of anilines is 1. The fourth-order valence-corrected chi connectivity index (χ4v) is 3.43. The number of para-hydroxylation sites is 1. The molecule has 0 spiro atoms. The number of thiazole rings is 1. The number of benzene rings is 1. The Hall–Kier alpha value is -3.13. The zero-order valence-electron chi connectivity index (χ0n) is 14.5. The van der Waals surface area contributed by atoms with Crippen molar-refractivity contribution in [2.24, 2.45) is 0 Å². The van der Waals surface area contributed by atoms with Gasteiger partial charge in [-0.3, -0.25) is 4.79 Å². The number of fused-ring (bicyclic) bond motifs is 1. The average Bonchev–Trinajstić information content (AvgIpc) is 3.19. The van der Waals surface area contributed by atoms with E-state index in [4.69, 9.17) is 0 Å². The molecule has 0 saturated heterocycles. The van der Waals surface area contributed by atoms with Crippen LogP contribution in [0.3, 0.4) is 0 Å². The van der Waals surface area contributed by atoms with Crippen molar-refractivity contribution >= 4 is 33.1 Å². The molecule has 3 aromatic heterocycles. The van der Waals surface area contributed by atoms with Crippen LogP contribution in [0.2, 0.25) is 0 Å². The van der Waals surface area contributed by atoms with Crippen LogP contribution in [-0.4, -0.2) is 30.6 Å². The first-order chi connectivity index (χ1) is 12.5. The first kappa shape index (κ1) is 16.3. The summed E-state index contributed by atoms with van der Waals surface area (Å²) in [6, 6.07) is 7.65. The summed E-state index contributed by atoms with van der Waals surface area (Å²) in [5.74, 6) is 0.196. The molecular formula is C18H16N6OS. The Bertz CT molecular complexity index is 1080. The van der Waals surface area contributed by atoms with Crippen molar-refractivity contribution in [3.63, 3.8) is 0 Å². The van der Waals surface area contributed by atoms with Gasteiger partial charge in [0, 0.05) is 5.69 Å². The molecule has 4 aromatic rings. The number of aryl methyl sites for hydroxylation is 1. The molecular weight excluding hydrogens is 348 g/mol. The molecule has 1 aromatic carbocycles. The van der Waals surface area contributed by atoms with E-state index in [2.05, 4.69) is 25.4 Å². The van der Waals surface area contributed by atoms with Crippen molar-refractivity contribution in [1.82, 2.24) is 24.7 Å². The molecule has 7 nitrogen and oxygen atoms in total. The second kappa shape index (κ2) is 6.30. The first-order valence-corrected chi connectivity index (χ1v) is 8.87. The predicted molar refractivity (Wildman–Crippen MR) is 101 cm³/mol. The minimum atomic E-state index is -0.274. The number of carbonyl (C=O) groups is 1. The van der Waals surface area contributed by atoms with Crippen LogP contribution < -0.4 is 5.32 Å². The molecule has 4 rings (SSSR count). The Kier molecular flexibility index (Phi) is 3.96. The summed E-state index contributed by atoms with van der Waals surface area (Å²) < 4.78 is 2.67. The van der Waals surface area contributed by atoms with Gasteiger partial charge in [0.2, 0.25) is 0 Å². The van der Waals surface area contributed by atoms with Crippen molar-refractivity contribution in [2.75, 3.05) is 5.32 Å². The monoisotopic (exact) mass is 364 g/mol. The lowest BCUT2D eigenvalue weighted by Gasteiger charge is -2.05. The van der Waals surface area contributed by atoms with E-state index in [-0.39, 0.29) is 5.91 Å². The number of nitrogens with zero attached hydrogens (tertiary/aromatic N) is 5. The smallest absolute Gasteiger partial charge is 0.284 e. The summed E-state index contributed by atoms with van der Waals surface area (Å²) in [5.41, 5.74) is 4.38. The highest BCUT2D eigenvalue weighted by Crippen LogP contribution is 2.22. The van der Waals surface area contributed by atoms with Gasteiger partial charge in [-0.05, 0) is 38.5 Å². The fourth-order valence-electron chi connectivity index (χ4n) is 2.56. The molecule has 0 bridgehead atoms. The maximum absolute atomic E-state index is 12.4. The van der Waals surface area contributed by atoms with Crippen LogP contribution in [0.1, 0.15) is 26.8 Å². The molecule has 0 fully saturated rings. The highest BCUT2D eigenvalue weighted by molar-refractivity contribution is 7.20. The standard InChI is InChI=1S/C18H16N6OS/c1-10-11(2)23-24(12(10)3)18-19-8-13(9-20-18)21-16(25)17-22-14-6-4-5-7-15(14)26-17/h4-9H,1-3H3,(H,21,25). The summed E-state index contributed by atoms with van der Waals surface area (Å²) in [5, 5.41) is 7.63. The van der Waals surface area contributed by atoms with Crippen LogP contribution in [0.25, 0.3) is 16.2 Å². The van der Waals surface area contributed by atoms with Crippen molar-refractivity contribution in [3.05, 3.63) is 58.6 Å². The topological polar surface area (TPSA) is 85.6 Å². The molecule has 0 radical (unpaired) electrons. The second-order valence-electron chi connectivity index (χ2n) is 5.92. The number of carbonyl (C=O) groups excluding carboxylic acids is 1. The number of hydrogen-bond donors (Lipinski definition) is 1. The predicted octanol–water partition coefficient (Wildman–Crippen LogP) is 3.45. The molecule has 130 valence electrons. The van der Waals surface area contributed by atoms with Gasteiger partial charge in [-0.15, -0.1) is 11.3 Å². The van der Waals surface area contributed by atoms with Gasteiger partial charge in [0.05, 0.1) is 34.0 Å². The van der Waals surface area contributed by atoms with Crippen LogP contribution in [0.5, 0.6) is 0 Å². The van der Waals surface area contributed by atoms with E-state index in [1.807, 2.05) is 45.0 Å². The van der Waals surface area contributed by atoms with E-state index >= 15 is 0 Å². The van der Waals surface area contributed by atoms with E-state index in [0.29, 0.717) is 16.6 Å². The van der Waals surface area contributed by atoms with Gasteiger partial charge in [0.25, 0.3) is 11.9 Å². The lowest BCUT2D eigenvalue weighted by molar-refractivity contribution is 0.102. The molecule has 0 atom stereocenters. The maximum Gasteiger partial charge on any atom is 0.284 e. The van der Waals surface area contributed by atoms with Gasteiger partial charge in [-0.1, -0.05) is 12.1 Å². The molecule has 0 aliphatic rings. The third-order valence-electron chi connectivity index (χ3n) is 4.23. The van der Waals surface area contributed by atoms with Gasteiger partial charge in [0.1, 0.15) is 0 Å². The van der Waals surface area contributed by atoms with Gasteiger partial charge >= 0.3 is 0 Å². The molecule has 26 heavy (non-hydrogen) atoms. The second-order valence-corrected chi connectivity index (χ2v) is 6.95.